The number of rotatable bonds is 4. The molecule has 0 aliphatic carbocycles. The molecule has 0 aliphatic rings. The Morgan fingerprint density at radius 3 is 2.84 bits per heavy atom. The topological polar surface area (TPSA) is 36.4 Å². The van der Waals surface area contributed by atoms with E-state index < -0.39 is 0 Å². The van der Waals surface area contributed by atoms with Crippen molar-refractivity contribution >= 4 is 39.1 Å². The van der Waals surface area contributed by atoms with Crippen LogP contribution in [0, 0.1) is 0 Å². The zero-order chi connectivity index (χ0) is 14.0. The Morgan fingerprint density at radius 2 is 2.21 bits per heavy atom. The van der Waals surface area contributed by atoms with E-state index in [4.69, 9.17) is 11.6 Å². The second kappa shape index (κ2) is 6.34. The van der Waals surface area contributed by atoms with Gasteiger partial charge < -0.3 is 0 Å². The molecule has 2 rings (SSSR count). The number of nitrogens with zero attached hydrogens (tertiary/aromatic N) is 3. The summed E-state index contributed by atoms with van der Waals surface area (Å²) < 4.78 is 3.66. The SMILES string of the molecule is CN(C)C[I-]N(C)C(=O)c1cc2nccc(Cl)c2s1. The van der Waals surface area contributed by atoms with E-state index in [1.54, 1.807) is 12.3 Å². The Bertz CT molecular complexity index is 602. The molecule has 4 nitrogen and oxygen atoms in total. The van der Waals surface area contributed by atoms with Gasteiger partial charge in [0, 0.05) is 0 Å². The van der Waals surface area contributed by atoms with Gasteiger partial charge in [0.1, 0.15) is 0 Å². The van der Waals surface area contributed by atoms with Crippen LogP contribution in [-0.4, -0.2) is 44.6 Å². The molecule has 0 saturated carbocycles. The molecule has 0 saturated heterocycles. The fourth-order valence-corrected chi connectivity index (χ4v) is 4.47. The fourth-order valence-electron chi connectivity index (χ4n) is 1.41. The van der Waals surface area contributed by atoms with Crippen molar-refractivity contribution in [2.24, 2.45) is 0 Å². The van der Waals surface area contributed by atoms with Crippen molar-refractivity contribution in [3.63, 3.8) is 0 Å². The summed E-state index contributed by atoms with van der Waals surface area (Å²) in [4.78, 5) is 19.3. The molecule has 0 spiro atoms. The van der Waals surface area contributed by atoms with E-state index in [0.29, 0.717) is 9.90 Å². The number of thiophene rings is 1. The number of amides is 1. The van der Waals surface area contributed by atoms with Crippen LogP contribution in [0.3, 0.4) is 0 Å². The summed E-state index contributed by atoms with van der Waals surface area (Å²) in [5, 5.41) is 0.652. The van der Waals surface area contributed by atoms with E-state index in [-0.39, 0.29) is 27.4 Å². The molecule has 2 heterocycles. The number of halogens is 2. The van der Waals surface area contributed by atoms with E-state index in [1.807, 2.05) is 30.3 Å². The maximum absolute atomic E-state index is 12.3. The fraction of sp³-hybridized carbons (Fsp3) is 0.333. The molecule has 0 aromatic carbocycles. The quantitative estimate of drug-likeness (QED) is 0.296. The average Bonchev–Trinajstić information content (AvgIpc) is 2.80. The van der Waals surface area contributed by atoms with Gasteiger partial charge in [-0.25, -0.2) is 0 Å². The number of carbonyl (C=O) groups is 1. The first-order valence-corrected chi connectivity index (χ1v) is 9.24. The summed E-state index contributed by atoms with van der Waals surface area (Å²) in [6.45, 7) is 0. The van der Waals surface area contributed by atoms with E-state index >= 15 is 0 Å². The van der Waals surface area contributed by atoms with Crippen LogP contribution in [0.25, 0.3) is 10.2 Å². The third-order valence-corrected chi connectivity index (χ3v) is 7.03. The molecule has 0 bridgehead atoms. The molecule has 2 aromatic heterocycles. The van der Waals surface area contributed by atoms with Crippen molar-refractivity contribution in [1.29, 1.82) is 0 Å². The number of hydrogen-bond acceptors (Lipinski definition) is 4. The Hall–Kier alpha value is -0.440. The third kappa shape index (κ3) is 3.56. The van der Waals surface area contributed by atoms with Crippen molar-refractivity contribution in [2.45, 2.75) is 0 Å². The standard InChI is InChI=1S/C12H14ClIN3OS/c1-16(2)7-14-17(3)12(18)10-6-9-11(19-10)8(13)4-5-15-9/h4-6H,7H2,1-3H3/q-1. The van der Waals surface area contributed by atoms with Gasteiger partial charge in [0.2, 0.25) is 0 Å². The number of carbonyl (C=O) groups excluding carboxylic acids is 1. The van der Waals surface area contributed by atoms with Gasteiger partial charge in [-0.3, -0.25) is 0 Å². The van der Waals surface area contributed by atoms with Crippen molar-refractivity contribution in [3.05, 3.63) is 28.2 Å². The molecule has 0 unspecified atom stereocenters. The second-order valence-corrected chi connectivity index (χ2v) is 8.49. The van der Waals surface area contributed by atoms with Crippen LogP contribution in [0.5, 0.6) is 0 Å². The van der Waals surface area contributed by atoms with E-state index in [9.17, 15) is 4.79 Å². The summed E-state index contributed by atoms with van der Waals surface area (Å²) in [5.74, 6) is 0.0636. The van der Waals surface area contributed by atoms with Gasteiger partial charge in [-0.15, -0.1) is 0 Å². The maximum atomic E-state index is 12.3. The van der Waals surface area contributed by atoms with Crippen LogP contribution in [-0.2, 0) is 0 Å². The Morgan fingerprint density at radius 1 is 1.47 bits per heavy atom. The summed E-state index contributed by atoms with van der Waals surface area (Å²) in [6, 6.07) is 3.57. The van der Waals surface area contributed by atoms with Gasteiger partial charge in [0.05, 0.1) is 0 Å². The van der Waals surface area contributed by atoms with Crippen LogP contribution in [0.15, 0.2) is 18.3 Å². The first-order chi connectivity index (χ1) is 8.99. The van der Waals surface area contributed by atoms with Gasteiger partial charge >= 0.3 is 132 Å². The first kappa shape index (κ1) is 15.0. The minimum atomic E-state index is -0.319. The molecular weight excluding hydrogens is 397 g/mol. The number of hydrogen-bond donors (Lipinski definition) is 0. The van der Waals surface area contributed by atoms with Crippen molar-refractivity contribution in [1.82, 2.24) is 13.0 Å². The van der Waals surface area contributed by atoms with Crippen molar-refractivity contribution in [3.8, 4) is 0 Å². The summed E-state index contributed by atoms with van der Waals surface area (Å²) >= 11 is 7.20. The molecule has 0 radical (unpaired) electrons. The second-order valence-electron chi connectivity index (χ2n) is 4.22. The van der Waals surface area contributed by atoms with Gasteiger partial charge in [-0.05, 0) is 0 Å². The van der Waals surface area contributed by atoms with Crippen LogP contribution < -0.4 is 21.5 Å². The van der Waals surface area contributed by atoms with Crippen LogP contribution in [0.2, 0.25) is 5.02 Å². The molecule has 1 amide bonds. The van der Waals surface area contributed by atoms with Crippen molar-refractivity contribution < 1.29 is 26.3 Å². The monoisotopic (exact) mass is 410 g/mol. The summed E-state index contributed by atoms with van der Waals surface area (Å²) in [6.07, 6.45) is 1.66. The van der Waals surface area contributed by atoms with Crippen LogP contribution in [0.1, 0.15) is 9.67 Å². The minimum absolute atomic E-state index is 0.0636. The summed E-state index contributed by atoms with van der Waals surface area (Å²) in [5.41, 5.74) is 0.792. The van der Waals surface area contributed by atoms with Gasteiger partial charge in [0.15, 0.2) is 0 Å². The number of fused-ring (bicyclic) bond motifs is 1. The predicted molar refractivity (Wildman–Crippen MR) is 75.3 cm³/mol. The molecule has 7 heteroatoms. The normalized spacial score (nSPS) is 11.4. The van der Waals surface area contributed by atoms with Crippen LogP contribution >= 0.6 is 22.9 Å². The van der Waals surface area contributed by atoms with Gasteiger partial charge in [0.25, 0.3) is 0 Å². The van der Waals surface area contributed by atoms with E-state index in [1.165, 1.54) is 11.3 Å². The van der Waals surface area contributed by atoms with E-state index in [0.717, 1.165) is 14.8 Å². The van der Waals surface area contributed by atoms with Crippen molar-refractivity contribution in [2.75, 3.05) is 25.7 Å². The Balaban J connectivity index is 2.19. The Labute approximate surface area is 132 Å². The first-order valence-electron chi connectivity index (χ1n) is 5.55. The molecule has 2 aromatic rings. The molecule has 0 fully saturated rings. The predicted octanol–water partition coefficient (Wildman–Crippen LogP) is -0.455. The third-order valence-electron chi connectivity index (χ3n) is 2.33. The molecular formula is C12H14ClIN3OS-. The zero-order valence-electron chi connectivity index (χ0n) is 10.9. The number of pyridine rings is 1. The zero-order valence-corrected chi connectivity index (χ0v) is 14.6. The van der Waals surface area contributed by atoms with Crippen LogP contribution in [0.4, 0.5) is 0 Å². The summed E-state index contributed by atoms with van der Waals surface area (Å²) in [7, 11) is 5.89. The molecule has 0 atom stereocenters. The molecule has 104 valence electrons. The van der Waals surface area contributed by atoms with E-state index in [2.05, 4.69) is 9.88 Å². The number of alkyl halides is 1. The molecule has 0 N–H and O–H groups in total. The average molecular weight is 411 g/mol. The van der Waals surface area contributed by atoms with Gasteiger partial charge in [-0.2, -0.15) is 0 Å². The molecule has 19 heavy (non-hydrogen) atoms. The molecule has 0 aliphatic heterocycles. The van der Waals surface area contributed by atoms with Gasteiger partial charge in [-0.1, -0.05) is 0 Å². The Kier molecular flexibility index (Phi) is 4.99. The number of aromatic nitrogens is 1.